The van der Waals surface area contributed by atoms with Crippen molar-refractivity contribution in [2.24, 2.45) is 18.7 Å². The van der Waals surface area contributed by atoms with Crippen molar-refractivity contribution in [3.05, 3.63) is 17.5 Å². The number of likely N-dealkylation sites (tertiary alicyclic amines) is 1. The van der Waals surface area contributed by atoms with Crippen LogP contribution in [0.2, 0.25) is 0 Å². The van der Waals surface area contributed by atoms with E-state index in [4.69, 9.17) is 10.8 Å². The van der Waals surface area contributed by atoms with Gasteiger partial charge >= 0.3 is 5.97 Å². The van der Waals surface area contributed by atoms with E-state index in [0.717, 1.165) is 31.6 Å². The fourth-order valence-electron chi connectivity index (χ4n) is 2.74. The molecule has 0 amide bonds. The quantitative estimate of drug-likeness (QED) is 0.837. The first-order valence-electron chi connectivity index (χ1n) is 6.75. The molecule has 2 unspecified atom stereocenters. The molecule has 0 radical (unpaired) electrons. The van der Waals surface area contributed by atoms with Gasteiger partial charge in [-0.05, 0) is 12.3 Å². The fraction of sp³-hybridized carbons (Fsp3) is 0.692. The Bertz CT molecular complexity index is 457. The van der Waals surface area contributed by atoms with Crippen molar-refractivity contribution in [2.75, 3.05) is 13.1 Å². The Balaban J connectivity index is 2.09. The highest BCUT2D eigenvalue weighted by Crippen LogP contribution is 2.21. The second-order valence-electron chi connectivity index (χ2n) is 5.29. The number of aromatic nitrogens is 2. The Morgan fingerprint density at radius 1 is 1.63 bits per heavy atom. The van der Waals surface area contributed by atoms with Crippen LogP contribution in [-0.2, 0) is 13.6 Å². The summed E-state index contributed by atoms with van der Waals surface area (Å²) in [6, 6.07) is 0.270. The number of carboxylic acids is 1. The Morgan fingerprint density at radius 3 is 3.00 bits per heavy atom. The van der Waals surface area contributed by atoms with E-state index in [1.54, 1.807) is 11.7 Å². The first kappa shape index (κ1) is 14.0. The normalized spacial score (nSPS) is 24.6. The number of carbonyl (C=O) groups is 1. The van der Waals surface area contributed by atoms with E-state index in [9.17, 15) is 4.79 Å². The number of carboxylic acid groups (broad SMARTS) is 1. The lowest BCUT2D eigenvalue weighted by Gasteiger charge is -2.36. The van der Waals surface area contributed by atoms with Crippen molar-refractivity contribution in [1.82, 2.24) is 14.7 Å². The molecule has 2 atom stereocenters. The maximum Gasteiger partial charge on any atom is 0.339 e. The molecule has 0 aliphatic carbocycles. The minimum atomic E-state index is -0.913. The van der Waals surface area contributed by atoms with Crippen LogP contribution >= 0.6 is 0 Å². The number of rotatable bonds is 4. The highest BCUT2D eigenvalue weighted by molar-refractivity contribution is 5.88. The van der Waals surface area contributed by atoms with Crippen LogP contribution in [0.25, 0.3) is 0 Å². The first-order valence-corrected chi connectivity index (χ1v) is 6.75. The molecule has 106 valence electrons. The third kappa shape index (κ3) is 2.96. The number of aryl methyl sites for hydroxylation is 1. The summed E-state index contributed by atoms with van der Waals surface area (Å²) in [4.78, 5) is 13.4. The van der Waals surface area contributed by atoms with Gasteiger partial charge in [-0.2, -0.15) is 5.10 Å². The number of hydrogen-bond acceptors (Lipinski definition) is 4. The molecular formula is C13H22N4O2. The molecule has 2 heterocycles. The molecule has 1 aromatic heterocycles. The van der Waals surface area contributed by atoms with Gasteiger partial charge in [0.2, 0.25) is 0 Å². The molecule has 1 aliphatic rings. The molecule has 1 saturated heterocycles. The van der Waals surface area contributed by atoms with Crippen molar-refractivity contribution in [1.29, 1.82) is 0 Å². The SMILES string of the molecule is CCC1CN(Cc2c(C(=O)O)cnn2C)CCC1N. The van der Waals surface area contributed by atoms with E-state index in [0.29, 0.717) is 18.0 Å². The second-order valence-corrected chi connectivity index (χ2v) is 5.29. The summed E-state index contributed by atoms with van der Waals surface area (Å²) < 4.78 is 1.65. The van der Waals surface area contributed by atoms with E-state index < -0.39 is 5.97 Å². The molecule has 0 saturated carbocycles. The minimum Gasteiger partial charge on any atom is -0.478 e. The molecule has 1 fully saturated rings. The van der Waals surface area contributed by atoms with E-state index in [1.807, 2.05) is 0 Å². The number of piperidine rings is 1. The van der Waals surface area contributed by atoms with Crippen molar-refractivity contribution in [3.8, 4) is 0 Å². The van der Waals surface area contributed by atoms with Crippen molar-refractivity contribution in [3.63, 3.8) is 0 Å². The maximum atomic E-state index is 11.2. The Morgan fingerprint density at radius 2 is 2.37 bits per heavy atom. The Kier molecular flexibility index (Phi) is 4.21. The highest BCUT2D eigenvalue weighted by atomic mass is 16.4. The van der Waals surface area contributed by atoms with Gasteiger partial charge in [0.1, 0.15) is 5.56 Å². The topological polar surface area (TPSA) is 84.4 Å². The van der Waals surface area contributed by atoms with Crippen LogP contribution in [0.1, 0.15) is 35.8 Å². The molecule has 2 rings (SSSR count). The van der Waals surface area contributed by atoms with Crippen molar-refractivity contribution >= 4 is 5.97 Å². The molecule has 1 aromatic rings. The van der Waals surface area contributed by atoms with Gasteiger partial charge in [0, 0.05) is 32.7 Å². The minimum absolute atomic E-state index is 0.270. The zero-order chi connectivity index (χ0) is 14.0. The molecule has 6 heteroatoms. The molecule has 0 bridgehead atoms. The molecule has 0 spiro atoms. The third-order valence-electron chi connectivity index (χ3n) is 4.07. The lowest BCUT2D eigenvalue weighted by atomic mass is 9.90. The average molecular weight is 266 g/mol. The Labute approximate surface area is 113 Å². The van der Waals surface area contributed by atoms with Gasteiger partial charge in [-0.1, -0.05) is 13.3 Å². The molecule has 19 heavy (non-hydrogen) atoms. The van der Waals surface area contributed by atoms with Crippen LogP contribution in [-0.4, -0.2) is 44.9 Å². The smallest absolute Gasteiger partial charge is 0.339 e. The molecule has 0 aromatic carbocycles. The van der Waals surface area contributed by atoms with Gasteiger partial charge < -0.3 is 10.8 Å². The van der Waals surface area contributed by atoms with Crippen molar-refractivity contribution in [2.45, 2.75) is 32.4 Å². The van der Waals surface area contributed by atoms with Gasteiger partial charge in [-0.15, -0.1) is 0 Å². The van der Waals surface area contributed by atoms with Crippen LogP contribution in [0.5, 0.6) is 0 Å². The predicted octanol–water partition coefficient (Wildman–Crippen LogP) is 0.678. The summed E-state index contributed by atoms with van der Waals surface area (Å²) in [6.45, 7) is 4.63. The second kappa shape index (κ2) is 5.71. The van der Waals surface area contributed by atoms with E-state index in [1.165, 1.54) is 6.20 Å². The standard InChI is InChI=1S/C13H22N4O2/c1-3-9-7-17(5-4-11(9)14)8-12-10(13(18)19)6-15-16(12)2/h6,9,11H,3-5,7-8,14H2,1-2H3,(H,18,19). The van der Waals surface area contributed by atoms with Crippen molar-refractivity contribution < 1.29 is 9.90 Å². The molecule has 3 N–H and O–H groups in total. The number of aromatic carboxylic acids is 1. The summed E-state index contributed by atoms with van der Waals surface area (Å²) in [6.07, 6.45) is 3.46. The summed E-state index contributed by atoms with van der Waals surface area (Å²) in [7, 11) is 1.79. The lowest BCUT2D eigenvalue weighted by molar-refractivity contribution is 0.0692. The summed E-state index contributed by atoms with van der Waals surface area (Å²) in [5, 5.41) is 13.2. The van der Waals surface area contributed by atoms with Crippen LogP contribution in [0.15, 0.2) is 6.20 Å². The zero-order valence-corrected chi connectivity index (χ0v) is 11.5. The monoisotopic (exact) mass is 266 g/mol. The van der Waals surface area contributed by atoms with E-state index >= 15 is 0 Å². The Hall–Kier alpha value is -1.40. The largest absolute Gasteiger partial charge is 0.478 e. The summed E-state index contributed by atoms with van der Waals surface area (Å²) in [5.74, 6) is -0.417. The summed E-state index contributed by atoms with van der Waals surface area (Å²) >= 11 is 0. The third-order valence-corrected chi connectivity index (χ3v) is 4.07. The van der Waals surface area contributed by atoms with E-state index in [2.05, 4.69) is 16.9 Å². The van der Waals surface area contributed by atoms with Gasteiger partial charge in [0.25, 0.3) is 0 Å². The lowest BCUT2D eigenvalue weighted by Crippen LogP contribution is -2.46. The summed E-state index contributed by atoms with van der Waals surface area (Å²) in [5.41, 5.74) is 7.15. The van der Waals surface area contributed by atoms with Crippen LogP contribution < -0.4 is 5.73 Å². The van der Waals surface area contributed by atoms with Crippen LogP contribution in [0, 0.1) is 5.92 Å². The van der Waals surface area contributed by atoms with Gasteiger partial charge in [0.15, 0.2) is 0 Å². The van der Waals surface area contributed by atoms with E-state index in [-0.39, 0.29) is 6.04 Å². The highest BCUT2D eigenvalue weighted by Gasteiger charge is 2.27. The first-order chi connectivity index (χ1) is 9.02. The number of hydrogen-bond donors (Lipinski definition) is 2. The van der Waals surface area contributed by atoms with Gasteiger partial charge in [0.05, 0.1) is 11.9 Å². The van der Waals surface area contributed by atoms with Crippen LogP contribution in [0.3, 0.4) is 0 Å². The fourth-order valence-corrected chi connectivity index (χ4v) is 2.74. The zero-order valence-electron chi connectivity index (χ0n) is 11.5. The molecular weight excluding hydrogens is 244 g/mol. The molecule has 1 aliphatic heterocycles. The number of nitrogens with zero attached hydrogens (tertiary/aromatic N) is 3. The van der Waals surface area contributed by atoms with Gasteiger partial charge in [-0.25, -0.2) is 4.79 Å². The number of nitrogens with two attached hydrogens (primary N) is 1. The molecule has 6 nitrogen and oxygen atoms in total. The van der Waals surface area contributed by atoms with Crippen LogP contribution in [0.4, 0.5) is 0 Å². The average Bonchev–Trinajstić information content (AvgIpc) is 2.73. The maximum absolute atomic E-state index is 11.2. The predicted molar refractivity (Wildman–Crippen MR) is 71.8 cm³/mol. The van der Waals surface area contributed by atoms with Gasteiger partial charge in [-0.3, -0.25) is 9.58 Å².